The van der Waals surface area contributed by atoms with Crippen LogP contribution in [0, 0.1) is 0 Å². The highest BCUT2D eigenvalue weighted by atomic mass is 32.1. The third-order valence-electron chi connectivity index (χ3n) is 2.04. The molecular formula is C8H12N4O2S. The second-order valence-electron chi connectivity index (χ2n) is 3.23. The fraction of sp³-hybridized carbons (Fsp3) is 0.625. The number of carbonyl (C=O) groups excluding carboxylic acids is 1. The number of carbonyl (C=O) groups is 1. The maximum atomic E-state index is 11.5. The second kappa shape index (κ2) is 5.15. The maximum Gasteiger partial charge on any atom is 0.227 e. The van der Waals surface area contributed by atoms with E-state index in [4.69, 9.17) is 4.74 Å². The van der Waals surface area contributed by atoms with Crippen molar-refractivity contribution in [1.82, 2.24) is 14.9 Å². The van der Waals surface area contributed by atoms with Crippen LogP contribution in [0.25, 0.3) is 0 Å². The first-order valence-corrected chi connectivity index (χ1v) is 5.51. The van der Waals surface area contributed by atoms with Crippen LogP contribution in [0.4, 0.5) is 5.00 Å². The minimum atomic E-state index is -0.0604. The number of amides is 1. The molecule has 0 aromatic carbocycles. The Morgan fingerprint density at radius 2 is 2.73 bits per heavy atom. The number of nitrogens with one attached hydrogen (secondary N) is 2. The summed E-state index contributed by atoms with van der Waals surface area (Å²) in [6, 6.07) is 0. The lowest BCUT2D eigenvalue weighted by Gasteiger charge is -2.22. The van der Waals surface area contributed by atoms with E-state index in [1.54, 1.807) is 0 Å². The van der Waals surface area contributed by atoms with Crippen molar-refractivity contribution in [3.63, 3.8) is 0 Å². The maximum absolute atomic E-state index is 11.5. The third kappa shape index (κ3) is 3.22. The summed E-state index contributed by atoms with van der Waals surface area (Å²) in [5, 5.41) is 10.2. The lowest BCUT2D eigenvalue weighted by Crippen LogP contribution is -2.40. The molecule has 1 aliphatic heterocycles. The molecule has 2 N–H and O–H groups in total. The molecule has 6 nitrogen and oxygen atoms in total. The molecule has 0 spiro atoms. The summed E-state index contributed by atoms with van der Waals surface area (Å²) >= 11 is 1.16. The predicted octanol–water partition coefficient (Wildman–Crippen LogP) is -0.145. The van der Waals surface area contributed by atoms with Gasteiger partial charge in [0, 0.05) is 24.6 Å². The lowest BCUT2D eigenvalue weighted by atomic mass is 10.2. The van der Waals surface area contributed by atoms with E-state index in [9.17, 15) is 4.79 Å². The average molecular weight is 228 g/mol. The van der Waals surface area contributed by atoms with Crippen LogP contribution >= 0.6 is 11.5 Å². The summed E-state index contributed by atoms with van der Waals surface area (Å²) in [5.74, 6) is -0.0604. The Balaban J connectivity index is 1.76. The van der Waals surface area contributed by atoms with Gasteiger partial charge in [0.1, 0.15) is 5.00 Å². The number of ether oxygens (including phenoxy) is 1. The molecule has 1 aliphatic rings. The zero-order chi connectivity index (χ0) is 10.5. The van der Waals surface area contributed by atoms with Crippen LogP contribution in [0.15, 0.2) is 6.20 Å². The van der Waals surface area contributed by atoms with Gasteiger partial charge in [-0.3, -0.25) is 4.79 Å². The monoisotopic (exact) mass is 228 g/mol. The standard InChI is InChI=1S/C8H12N4O2S/c13-7(11-8-5-10-12-15-8)3-6-4-9-1-2-14-6/h5-6,9H,1-4H2,(H,11,13). The summed E-state index contributed by atoms with van der Waals surface area (Å²) in [6.45, 7) is 2.26. The summed E-state index contributed by atoms with van der Waals surface area (Å²) in [7, 11) is 0. The molecule has 0 radical (unpaired) electrons. The van der Waals surface area contributed by atoms with Crippen molar-refractivity contribution in [1.29, 1.82) is 0 Å². The molecule has 2 heterocycles. The lowest BCUT2D eigenvalue weighted by molar-refractivity contribution is -0.119. The summed E-state index contributed by atoms with van der Waals surface area (Å²) in [4.78, 5) is 11.5. The van der Waals surface area contributed by atoms with E-state index in [0.29, 0.717) is 18.0 Å². The van der Waals surface area contributed by atoms with Gasteiger partial charge in [-0.05, 0) is 0 Å². The van der Waals surface area contributed by atoms with Crippen LogP contribution in [0.2, 0.25) is 0 Å². The van der Waals surface area contributed by atoms with Gasteiger partial charge in [-0.2, -0.15) is 0 Å². The van der Waals surface area contributed by atoms with E-state index >= 15 is 0 Å². The van der Waals surface area contributed by atoms with Gasteiger partial charge in [0.2, 0.25) is 5.91 Å². The van der Waals surface area contributed by atoms with Crippen molar-refractivity contribution in [2.75, 3.05) is 25.0 Å². The van der Waals surface area contributed by atoms with Crippen LogP contribution in [-0.4, -0.2) is 41.3 Å². The molecule has 2 rings (SSSR count). The molecule has 0 aliphatic carbocycles. The summed E-state index contributed by atoms with van der Waals surface area (Å²) < 4.78 is 9.07. The van der Waals surface area contributed by atoms with E-state index in [2.05, 4.69) is 20.2 Å². The van der Waals surface area contributed by atoms with Crippen molar-refractivity contribution in [2.45, 2.75) is 12.5 Å². The average Bonchev–Trinajstić information content (AvgIpc) is 2.71. The fourth-order valence-electron chi connectivity index (χ4n) is 1.37. The SMILES string of the molecule is O=C(CC1CNCCO1)Nc1cnns1. The highest BCUT2D eigenvalue weighted by Gasteiger charge is 2.17. The minimum absolute atomic E-state index is 0.0281. The minimum Gasteiger partial charge on any atom is -0.375 e. The third-order valence-corrected chi connectivity index (χ3v) is 2.62. The van der Waals surface area contributed by atoms with Gasteiger partial charge in [0.25, 0.3) is 0 Å². The van der Waals surface area contributed by atoms with E-state index in [0.717, 1.165) is 24.6 Å². The van der Waals surface area contributed by atoms with Gasteiger partial charge >= 0.3 is 0 Å². The Labute approximate surface area is 91.2 Å². The number of anilines is 1. The van der Waals surface area contributed by atoms with Crippen molar-refractivity contribution in [3.05, 3.63) is 6.20 Å². The second-order valence-corrected chi connectivity index (χ2v) is 4.02. The van der Waals surface area contributed by atoms with Gasteiger partial charge < -0.3 is 15.4 Å². The van der Waals surface area contributed by atoms with Crippen LogP contribution < -0.4 is 10.6 Å². The number of hydrogen-bond acceptors (Lipinski definition) is 6. The Hall–Kier alpha value is -1.05. The van der Waals surface area contributed by atoms with Gasteiger partial charge in [0.05, 0.1) is 25.3 Å². The van der Waals surface area contributed by atoms with E-state index in [-0.39, 0.29) is 12.0 Å². The van der Waals surface area contributed by atoms with Gasteiger partial charge in [-0.25, -0.2) is 0 Å². The number of nitrogens with zero attached hydrogens (tertiary/aromatic N) is 2. The molecule has 1 aromatic rings. The number of rotatable bonds is 3. The van der Waals surface area contributed by atoms with Gasteiger partial charge in [-0.1, -0.05) is 4.49 Å². The fourth-order valence-corrected chi connectivity index (χ4v) is 1.80. The number of aromatic nitrogens is 2. The molecule has 1 amide bonds. The quantitative estimate of drug-likeness (QED) is 0.752. The largest absolute Gasteiger partial charge is 0.375 e. The first-order valence-electron chi connectivity index (χ1n) is 4.74. The molecule has 1 fully saturated rings. The first-order chi connectivity index (χ1) is 7.34. The van der Waals surface area contributed by atoms with E-state index < -0.39 is 0 Å². The smallest absolute Gasteiger partial charge is 0.227 e. The van der Waals surface area contributed by atoms with Crippen molar-refractivity contribution >= 4 is 22.4 Å². The summed E-state index contributed by atoms with van der Waals surface area (Å²) in [6.07, 6.45) is 1.87. The molecule has 0 bridgehead atoms. The Morgan fingerprint density at radius 3 is 3.40 bits per heavy atom. The Morgan fingerprint density at radius 1 is 1.80 bits per heavy atom. The van der Waals surface area contributed by atoms with E-state index in [1.165, 1.54) is 6.20 Å². The van der Waals surface area contributed by atoms with Gasteiger partial charge in [0.15, 0.2) is 0 Å². The predicted molar refractivity (Wildman–Crippen MR) is 55.8 cm³/mol. The van der Waals surface area contributed by atoms with Crippen molar-refractivity contribution in [2.24, 2.45) is 0 Å². The van der Waals surface area contributed by atoms with Crippen LogP contribution in [0.5, 0.6) is 0 Å². The molecule has 1 saturated heterocycles. The normalized spacial score (nSPS) is 21.2. The highest BCUT2D eigenvalue weighted by Crippen LogP contribution is 2.10. The summed E-state index contributed by atoms with van der Waals surface area (Å²) in [5.41, 5.74) is 0. The zero-order valence-electron chi connectivity index (χ0n) is 8.10. The number of morpholine rings is 1. The Kier molecular flexibility index (Phi) is 3.59. The van der Waals surface area contributed by atoms with Gasteiger partial charge in [-0.15, -0.1) is 5.10 Å². The highest BCUT2D eigenvalue weighted by molar-refractivity contribution is 7.10. The molecule has 0 saturated carbocycles. The Bertz CT molecular complexity index is 310. The molecule has 7 heteroatoms. The van der Waals surface area contributed by atoms with E-state index in [1.807, 2.05) is 0 Å². The van der Waals surface area contributed by atoms with Crippen molar-refractivity contribution in [3.8, 4) is 0 Å². The first kappa shape index (κ1) is 10.5. The molecular weight excluding hydrogens is 216 g/mol. The zero-order valence-corrected chi connectivity index (χ0v) is 8.92. The van der Waals surface area contributed by atoms with Crippen LogP contribution in [0.1, 0.15) is 6.42 Å². The van der Waals surface area contributed by atoms with Crippen molar-refractivity contribution < 1.29 is 9.53 Å². The molecule has 1 aromatic heterocycles. The van der Waals surface area contributed by atoms with Crippen LogP contribution in [0.3, 0.4) is 0 Å². The molecule has 1 unspecified atom stereocenters. The van der Waals surface area contributed by atoms with Crippen LogP contribution in [-0.2, 0) is 9.53 Å². The molecule has 1 atom stereocenters. The topological polar surface area (TPSA) is 76.1 Å². The number of hydrogen-bond donors (Lipinski definition) is 2. The molecule has 82 valence electrons. The molecule has 15 heavy (non-hydrogen) atoms.